The molecule has 0 unspecified atom stereocenters. The van der Waals surface area contributed by atoms with Crippen molar-refractivity contribution in [2.24, 2.45) is 7.05 Å². The molecule has 8 nitrogen and oxygen atoms in total. The molecule has 0 saturated heterocycles. The molecular formula is C23H19F2N3Na2O5. The molecule has 0 aliphatic heterocycles. The van der Waals surface area contributed by atoms with Crippen molar-refractivity contribution in [2.75, 3.05) is 5.32 Å². The van der Waals surface area contributed by atoms with Crippen LogP contribution in [0.5, 0.6) is 5.75 Å². The fourth-order valence-corrected chi connectivity index (χ4v) is 3.31. The summed E-state index contributed by atoms with van der Waals surface area (Å²) in [6.07, 6.45) is 0.605. The summed E-state index contributed by atoms with van der Waals surface area (Å²) in [6.45, 7) is 1.69. The van der Waals surface area contributed by atoms with E-state index < -0.39 is 53.1 Å². The van der Waals surface area contributed by atoms with Crippen LogP contribution in [0.1, 0.15) is 23.6 Å². The molecule has 0 fully saturated rings. The number of carboxylic acid groups (broad SMARTS) is 1. The van der Waals surface area contributed by atoms with Crippen LogP contribution in [0.15, 0.2) is 53.5 Å². The van der Waals surface area contributed by atoms with Gasteiger partial charge in [-0.25, -0.2) is 13.6 Å². The summed E-state index contributed by atoms with van der Waals surface area (Å²) in [5.41, 5.74) is 0.151. The first-order chi connectivity index (χ1) is 15.6. The summed E-state index contributed by atoms with van der Waals surface area (Å²) in [7, 11) is 1.40. The van der Waals surface area contributed by atoms with E-state index in [1.54, 1.807) is 13.0 Å². The molecule has 0 aliphatic rings. The largest absolute Gasteiger partial charge is 1.00 e. The third kappa shape index (κ3) is 7.63. The van der Waals surface area contributed by atoms with Gasteiger partial charge in [0.15, 0.2) is 0 Å². The molecule has 1 heterocycles. The number of benzene rings is 2. The number of carbonyl (C=O) groups excluding carboxylic acids is 2. The standard InChI is InChI=1S/C23H21F2N3O5.2Na/c1-12-3-4-13(9-16(12)15-6-5-14(24)10-17(15)25)18(11-20(30)31)26-23(33)27-21-19(29)7-8-28(2)22(21)32;;/h3-10,18,29H,11H2,1-2H3,(H,30,31)(H2,26,27,33);;/q;2*+1/p-2/t18-;;/m0../s1. The Kier molecular flexibility index (Phi) is 11.6. The number of rotatable bonds is 6. The number of nitrogens with one attached hydrogen (secondary N) is 2. The van der Waals surface area contributed by atoms with E-state index in [2.05, 4.69) is 10.6 Å². The minimum absolute atomic E-state index is 0. The minimum atomic E-state index is -1.48. The van der Waals surface area contributed by atoms with Gasteiger partial charge >= 0.3 is 65.1 Å². The number of carbonyl (C=O) groups is 2. The maximum Gasteiger partial charge on any atom is 1.00 e. The van der Waals surface area contributed by atoms with Crippen LogP contribution in [0.4, 0.5) is 19.3 Å². The molecule has 2 amide bonds. The fraction of sp³-hybridized carbons (Fsp3) is 0.174. The molecule has 12 heteroatoms. The number of aryl methyl sites for hydroxylation is 2. The van der Waals surface area contributed by atoms with E-state index in [1.807, 2.05) is 0 Å². The Hall–Kier alpha value is -2.21. The van der Waals surface area contributed by atoms with Gasteiger partial charge in [-0.05, 0) is 41.8 Å². The van der Waals surface area contributed by atoms with Crippen molar-refractivity contribution < 1.29 is 87.7 Å². The maximum absolute atomic E-state index is 14.3. The normalized spacial score (nSPS) is 11.0. The van der Waals surface area contributed by atoms with Gasteiger partial charge in [-0.3, -0.25) is 4.79 Å². The molecule has 3 rings (SSSR count). The Morgan fingerprint density at radius 2 is 1.74 bits per heavy atom. The van der Waals surface area contributed by atoms with Gasteiger partial charge in [-0.2, -0.15) is 0 Å². The molecule has 3 aromatic rings. The number of pyridine rings is 1. The van der Waals surface area contributed by atoms with Gasteiger partial charge in [-0.15, -0.1) is 0 Å². The first kappa shape index (κ1) is 30.8. The quantitative estimate of drug-likeness (QED) is 0.331. The van der Waals surface area contributed by atoms with E-state index >= 15 is 0 Å². The van der Waals surface area contributed by atoms with Crippen molar-refractivity contribution in [3.8, 4) is 16.9 Å². The zero-order valence-corrected chi connectivity index (χ0v) is 23.6. The van der Waals surface area contributed by atoms with Crippen LogP contribution >= 0.6 is 0 Å². The molecular weight excluding hydrogens is 482 g/mol. The smallest absolute Gasteiger partial charge is 0.871 e. The first-order valence-corrected chi connectivity index (χ1v) is 9.76. The molecule has 0 bridgehead atoms. The van der Waals surface area contributed by atoms with Crippen molar-refractivity contribution in [3.05, 3.63) is 81.8 Å². The van der Waals surface area contributed by atoms with Gasteiger partial charge in [0.25, 0.3) is 5.56 Å². The number of aromatic nitrogens is 1. The van der Waals surface area contributed by atoms with Crippen molar-refractivity contribution in [1.82, 2.24) is 9.88 Å². The molecule has 1 atom stereocenters. The second-order valence-corrected chi connectivity index (χ2v) is 7.40. The molecule has 0 spiro atoms. The number of nitrogens with zero attached hydrogens (tertiary/aromatic N) is 1. The average Bonchev–Trinajstić information content (AvgIpc) is 2.74. The van der Waals surface area contributed by atoms with Gasteiger partial charge in [0.2, 0.25) is 0 Å². The average molecular weight is 501 g/mol. The SMILES string of the molecule is Cc1ccc([C@H](CC(=O)[O-])NC(=O)Nc2c([O-])ccn(C)c2=O)cc1-c1ccc(F)cc1F.[Na+].[Na+]. The van der Waals surface area contributed by atoms with E-state index in [1.165, 1.54) is 31.4 Å². The molecule has 0 radical (unpaired) electrons. The zero-order chi connectivity index (χ0) is 24.3. The van der Waals surface area contributed by atoms with Gasteiger partial charge in [-0.1, -0.05) is 23.9 Å². The van der Waals surface area contributed by atoms with Crippen LogP contribution in [0.2, 0.25) is 0 Å². The van der Waals surface area contributed by atoms with Crippen molar-refractivity contribution in [3.63, 3.8) is 0 Å². The molecule has 2 N–H and O–H groups in total. The Labute approximate surface area is 243 Å². The van der Waals surface area contributed by atoms with Gasteiger partial charge in [0.05, 0.1) is 6.04 Å². The number of urea groups is 1. The number of amides is 2. The summed E-state index contributed by atoms with van der Waals surface area (Å²) >= 11 is 0. The first-order valence-electron chi connectivity index (χ1n) is 9.76. The number of anilines is 1. The topological polar surface area (TPSA) is 126 Å². The van der Waals surface area contributed by atoms with Crippen LogP contribution in [0.3, 0.4) is 0 Å². The number of carboxylic acids is 1. The summed E-state index contributed by atoms with van der Waals surface area (Å²) in [5.74, 6) is -3.74. The monoisotopic (exact) mass is 501 g/mol. The Balaban J connectivity index is 0.00000306. The van der Waals surface area contributed by atoms with Crippen molar-refractivity contribution in [2.45, 2.75) is 19.4 Å². The Morgan fingerprint density at radius 1 is 1.06 bits per heavy atom. The van der Waals surface area contributed by atoms with E-state index in [0.29, 0.717) is 16.7 Å². The van der Waals surface area contributed by atoms with Gasteiger partial charge < -0.3 is 30.2 Å². The van der Waals surface area contributed by atoms with E-state index in [-0.39, 0.29) is 64.7 Å². The van der Waals surface area contributed by atoms with Crippen LogP contribution < -0.4 is 85.5 Å². The maximum atomic E-state index is 14.3. The molecule has 0 saturated carbocycles. The number of aliphatic carboxylic acids is 1. The predicted molar refractivity (Wildman–Crippen MR) is 112 cm³/mol. The van der Waals surface area contributed by atoms with E-state index in [4.69, 9.17) is 0 Å². The minimum Gasteiger partial charge on any atom is -0.871 e. The van der Waals surface area contributed by atoms with Crippen LogP contribution in [0, 0.1) is 18.6 Å². The second-order valence-electron chi connectivity index (χ2n) is 7.40. The third-order valence-electron chi connectivity index (χ3n) is 5.03. The molecule has 0 aliphatic carbocycles. The molecule has 2 aromatic carbocycles. The second kappa shape index (κ2) is 13.2. The molecule has 172 valence electrons. The molecule has 1 aromatic heterocycles. The molecule has 35 heavy (non-hydrogen) atoms. The third-order valence-corrected chi connectivity index (χ3v) is 5.03. The predicted octanol–water partition coefficient (Wildman–Crippen LogP) is -4.28. The van der Waals surface area contributed by atoms with E-state index in [9.17, 15) is 33.4 Å². The van der Waals surface area contributed by atoms with E-state index in [0.717, 1.165) is 22.8 Å². The summed E-state index contributed by atoms with van der Waals surface area (Å²) in [6, 6.07) is 6.65. The fourth-order valence-electron chi connectivity index (χ4n) is 3.31. The van der Waals surface area contributed by atoms with Crippen molar-refractivity contribution >= 4 is 17.7 Å². The Morgan fingerprint density at radius 3 is 2.37 bits per heavy atom. The van der Waals surface area contributed by atoms with Crippen LogP contribution in [0.25, 0.3) is 11.1 Å². The van der Waals surface area contributed by atoms with Crippen LogP contribution in [-0.4, -0.2) is 16.6 Å². The van der Waals surface area contributed by atoms with Gasteiger partial charge in [0.1, 0.15) is 17.3 Å². The summed E-state index contributed by atoms with van der Waals surface area (Å²) < 4.78 is 28.7. The Bertz CT molecular complexity index is 1300. The number of hydrogen-bond donors (Lipinski definition) is 2. The zero-order valence-electron chi connectivity index (χ0n) is 19.6. The van der Waals surface area contributed by atoms with Crippen LogP contribution in [-0.2, 0) is 11.8 Å². The van der Waals surface area contributed by atoms with Gasteiger partial charge in [0, 0.05) is 37.3 Å². The summed E-state index contributed by atoms with van der Waals surface area (Å²) in [4.78, 5) is 35.9. The van der Waals surface area contributed by atoms with Crippen molar-refractivity contribution in [1.29, 1.82) is 0 Å². The summed E-state index contributed by atoms with van der Waals surface area (Å²) in [5, 5.41) is 27.8. The number of halogens is 2. The number of hydrogen-bond acceptors (Lipinski definition) is 5.